The smallest absolute Gasteiger partial charge is 0.203 e. The third kappa shape index (κ3) is 2.07. The summed E-state index contributed by atoms with van der Waals surface area (Å²) in [4.78, 5) is 2.13. The van der Waals surface area contributed by atoms with Gasteiger partial charge in [-0.1, -0.05) is 27.5 Å². The van der Waals surface area contributed by atoms with Crippen LogP contribution in [0.5, 0.6) is 0 Å². The highest BCUT2D eigenvalue weighted by Crippen LogP contribution is 2.36. The molecular formula is C11H13BrClNO2. The van der Waals surface area contributed by atoms with Crippen molar-refractivity contribution < 1.29 is 9.47 Å². The maximum absolute atomic E-state index is 6.14. The fourth-order valence-corrected chi connectivity index (χ4v) is 2.36. The van der Waals surface area contributed by atoms with Gasteiger partial charge in [-0.15, -0.1) is 0 Å². The van der Waals surface area contributed by atoms with Crippen molar-refractivity contribution in [3.05, 3.63) is 27.7 Å². The Morgan fingerprint density at radius 1 is 1.31 bits per heavy atom. The number of halogens is 2. The Kier molecular flexibility index (Phi) is 3.45. The summed E-state index contributed by atoms with van der Waals surface area (Å²) < 4.78 is 11.7. The van der Waals surface area contributed by atoms with Crippen LogP contribution < -0.4 is 4.90 Å². The predicted octanol–water partition coefficient (Wildman–Crippen LogP) is 2.91. The van der Waals surface area contributed by atoms with Crippen LogP contribution in [-0.4, -0.2) is 33.1 Å². The molecule has 1 saturated heterocycles. The first-order valence-corrected chi connectivity index (χ1v) is 6.07. The molecule has 88 valence electrons. The van der Waals surface area contributed by atoms with Crippen molar-refractivity contribution in [2.45, 2.75) is 5.79 Å². The first-order valence-electron chi connectivity index (χ1n) is 4.90. The van der Waals surface area contributed by atoms with E-state index in [2.05, 4.69) is 20.8 Å². The van der Waals surface area contributed by atoms with E-state index in [9.17, 15) is 0 Å². The minimum atomic E-state index is -0.481. The van der Waals surface area contributed by atoms with Crippen molar-refractivity contribution >= 4 is 33.2 Å². The summed E-state index contributed by atoms with van der Waals surface area (Å²) in [6, 6.07) is 5.80. The lowest BCUT2D eigenvalue weighted by Crippen LogP contribution is -2.64. The lowest BCUT2D eigenvalue weighted by molar-refractivity contribution is -0.219. The zero-order chi connectivity index (χ0) is 11.8. The molecule has 0 N–H and O–H groups in total. The Labute approximate surface area is 108 Å². The monoisotopic (exact) mass is 305 g/mol. The number of anilines is 1. The van der Waals surface area contributed by atoms with E-state index in [4.69, 9.17) is 21.1 Å². The van der Waals surface area contributed by atoms with E-state index in [1.165, 1.54) is 0 Å². The molecule has 0 aromatic heterocycles. The number of hydrogen-bond donors (Lipinski definition) is 0. The lowest BCUT2D eigenvalue weighted by atomic mass is 10.1. The van der Waals surface area contributed by atoms with E-state index in [0.717, 1.165) is 15.2 Å². The summed E-state index contributed by atoms with van der Waals surface area (Å²) in [5.41, 5.74) is 1.00. The van der Waals surface area contributed by atoms with Gasteiger partial charge in [-0.05, 0) is 18.2 Å². The van der Waals surface area contributed by atoms with E-state index in [0.29, 0.717) is 13.1 Å². The molecule has 0 amide bonds. The molecule has 0 atom stereocenters. The van der Waals surface area contributed by atoms with Crippen LogP contribution in [0.3, 0.4) is 0 Å². The Morgan fingerprint density at radius 2 is 1.94 bits per heavy atom. The van der Waals surface area contributed by atoms with Gasteiger partial charge in [-0.25, -0.2) is 0 Å². The van der Waals surface area contributed by atoms with Crippen molar-refractivity contribution in [2.75, 3.05) is 32.2 Å². The van der Waals surface area contributed by atoms with Gasteiger partial charge in [0.05, 0.1) is 23.8 Å². The van der Waals surface area contributed by atoms with Gasteiger partial charge in [0, 0.05) is 18.7 Å². The maximum Gasteiger partial charge on any atom is 0.203 e. The molecule has 1 fully saturated rings. The molecule has 2 rings (SSSR count). The second-order valence-corrected chi connectivity index (χ2v) is 5.09. The molecule has 1 aromatic rings. The van der Waals surface area contributed by atoms with Gasteiger partial charge in [0.15, 0.2) is 0 Å². The molecule has 1 aliphatic heterocycles. The van der Waals surface area contributed by atoms with E-state index >= 15 is 0 Å². The van der Waals surface area contributed by atoms with Crippen LogP contribution in [-0.2, 0) is 9.47 Å². The number of nitrogens with zero attached hydrogens (tertiary/aromatic N) is 1. The molecule has 3 nitrogen and oxygen atoms in total. The van der Waals surface area contributed by atoms with Crippen LogP contribution >= 0.6 is 27.5 Å². The topological polar surface area (TPSA) is 21.7 Å². The first-order chi connectivity index (χ1) is 7.60. The highest BCUT2D eigenvalue weighted by Gasteiger charge is 2.44. The van der Waals surface area contributed by atoms with Crippen LogP contribution in [0.2, 0.25) is 5.02 Å². The summed E-state index contributed by atoms with van der Waals surface area (Å²) in [5.74, 6) is -0.481. The molecule has 16 heavy (non-hydrogen) atoms. The van der Waals surface area contributed by atoms with Gasteiger partial charge in [0.2, 0.25) is 5.79 Å². The van der Waals surface area contributed by atoms with Gasteiger partial charge in [0.25, 0.3) is 0 Å². The SMILES string of the molecule is COC1(OC)CN(c2cc(Br)ccc2Cl)C1. The summed E-state index contributed by atoms with van der Waals surface area (Å²) >= 11 is 9.57. The molecule has 0 radical (unpaired) electrons. The average Bonchev–Trinajstić information content (AvgIpc) is 2.23. The molecule has 5 heteroatoms. The van der Waals surface area contributed by atoms with Crippen LogP contribution in [0.1, 0.15) is 0 Å². The number of benzene rings is 1. The van der Waals surface area contributed by atoms with E-state index < -0.39 is 5.79 Å². The number of ether oxygens (including phenoxy) is 2. The minimum Gasteiger partial charge on any atom is -0.359 e. The van der Waals surface area contributed by atoms with Crippen molar-refractivity contribution in [3.8, 4) is 0 Å². The molecular weight excluding hydrogens is 293 g/mol. The summed E-state index contributed by atoms with van der Waals surface area (Å²) in [6.45, 7) is 1.38. The zero-order valence-electron chi connectivity index (χ0n) is 9.17. The molecule has 0 bridgehead atoms. The standard InChI is InChI=1S/C11H13BrClNO2/c1-15-11(16-2)6-14(7-11)10-5-8(12)3-4-9(10)13/h3-5H,6-7H2,1-2H3. The molecule has 0 saturated carbocycles. The molecule has 0 spiro atoms. The average molecular weight is 307 g/mol. The minimum absolute atomic E-state index is 0.481. The molecule has 0 unspecified atom stereocenters. The van der Waals surface area contributed by atoms with Crippen LogP contribution in [0, 0.1) is 0 Å². The fraction of sp³-hybridized carbons (Fsp3) is 0.455. The van der Waals surface area contributed by atoms with Gasteiger partial charge in [-0.2, -0.15) is 0 Å². The Morgan fingerprint density at radius 3 is 2.50 bits per heavy atom. The molecule has 1 heterocycles. The van der Waals surface area contributed by atoms with Gasteiger partial charge >= 0.3 is 0 Å². The lowest BCUT2D eigenvalue weighted by Gasteiger charge is -2.49. The third-order valence-electron chi connectivity index (χ3n) is 2.86. The summed E-state index contributed by atoms with van der Waals surface area (Å²) in [7, 11) is 3.31. The van der Waals surface area contributed by atoms with E-state index in [1.807, 2.05) is 18.2 Å². The Bertz CT molecular complexity index is 388. The highest BCUT2D eigenvalue weighted by molar-refractivity contribution is 9.10. The zero-order valence-corrected chi connectivity index (χ0v) is 11.5. The number of hydrogen-bond acceptors (Lipinski definition) is 3. The van der Waals surface area contributed by atoms with E-state index in [1.54, 1.807) is 14.2 Å². The fourth-order valence-electron chi connectivity index (χ4n) is 1.78. The molecule has 1 aromatic carbocycles. The van der Waals surface area contributed by atoms with Crippen LogP contribution in [0.15, 0.2) is 22.7 Å². The number of rotatable bonds is 3. The first kappa shape index (κ1) is 12.2. The van der Waals surface area contributed by atoms with Gasteiger partial charge in [0.1, 0.15) is 0 Å². The predicted molar refractivity (Wildman–Crippen MR) is 68.1 cm³/mol. The summed E-state index contributed by atoms with van der Waals surface area (Å²) in [6.07, 6.45) is 0. The van der Waals surface area contributed by atoms with Crippen molar-refractivity contribution in [1.29, 1.82) is 0 Å². The van der Waals surface area contributed by atoms with Crippen LogP contribution in [0.25, 0.3) is 0 Å². The Hall–Kier alpha value is -0.290. The van der Waals surface area contributed by atoms with Gasteiger partial charge < -0.3 is 14.4 Å². The van der Waals surface area contributed by atoms with Crippen molar-refractivity contribution in [2.24, 2.45) is 0 Å². The summed E-state index contributed by atoms with van der Waals surface area (Å²) in [5, 5.41) is 0.740. The maximum atomic E-state index is 6.14. The Balaban J connectivity index is 2.14. The number of methoxy groups -OCH3 is 2. The second kappa shape index (κ2) is 4.53. The van der Waals surface area contributed by atoms with Gasteiger partial charge in [-0.3, -0.25) is 0 Å². The quantitative estimate of drug-likeness (QED) is 0.802. The highest BCUT2D eigenvalue weighted by atomic mass is 79.9. The van der Waals surface area contributed by atoms with Crippen molar-refractivity contribution in [3.63, 3.8) is 0 Å². The second-order valence-electron chi connectivity index (χ2n) is 3.77. The normalized spacial score (nSPS) is 18.4. The van der Waals surface area contributed by atoms with Crippen molar-refractivity contribution in [1.82, 2.24) is 0 Å². The molecule has 0 aliphatic carbocycles. The molecule has 1 aliphatic rings. The van der Waals surface area contributed by atoms with E-state index in [-0.39, 0.29) is 0 Å². The largest absolute Gasteiger partial charge is 0.359 e. The third-order valence-corrected chi connectivity index (χ3v) is 3.67. The van der Waals surface area contributed by atoms with Crippen LogP contribution in [0.4, 0.5) is 5.69 Å².